The van der Waals surface area contributed by atoms with E-state index in [1.165, 1.54) is 37.2 Å². The van der Waals surface area contributed by atoms with Crippen molar-refractivity contribution in [3.05, 3.63) is 22.4 Å². The molecule has 84 valence electrons. The maximum atomic E-state index is 5.78. The van der Waals surface area contributed by atoms with Crippen molar-refractivity contribution in [3.63, 3.8) is 0 Å². The summed E-state index contributed by atoms with van der Waals surface area (Å²) in [5, 5.41) is 2.15. The molecular weight excluding hydrogens is 204 g/mol. The van der Waals surface area contributed by atoms with Gasteiger partial charge in [0.25, 0.3) is 0 Å². The molecule has 1 aromatic rings. The van der Waals surface area contributed by atoms with Gasteiger partial charge in [0.05, 0.1) is 0 Å². The molecule has 0 amide bonds. The van der Waals surface area contributed by atoms with Gasteiger partial charge in [0.2, 0.25) is 0 Å². The number of hydrogen-bond donors (Lipinski definition) is 1. The van der Waals surface area contributed by atoms with E-state index in [0.717, 1.165) is 5.92 Å². The Labute approximate surface area is 96.1 Å². The Kier molecular flexibility index (Phi) is 3.78. The topological polar surface area (TPSA) is 29.3 Å². The highest BCUT2D eigenvalue weighted by molar-refractivity contribution is 7.09. The summed E-state index contributed by atoms with van der Waals surface area (Å²) in [5.41, 5.74) is 5.78. The average Bonchev–Trinajstić information content (AvgIpc) is 2.65. The fourth-order valence-corrected chi connectivity index (χ4v) is 2.92. The van der Waals surface area contributed by atoms with Crippen LogP contribution in [0.4, 0.5) is 0 Å². The molecule has 1 aliphatic carbocycles. The van der Waals surface area contributed by atoms with Crippen LogP contribution in [0.25, 0.3) is 0 Å². The highest BCUT2D eigenvalue weighted by Crippen LogP contribution is 2.26. The fraction of sp³-hybridized carbons (Fsp3) is 0.667. The third-order valence-electron chi connectivity index (χ3n) is 3.16. The van der Waals surface area contributed by atoms with Gasteiger partial charge in [-0.05, 0) is 43.7 Å². The number of thiophene rings is 1. The smallest absolute Gasteiger partial charge is 0.00579 e. The quantitative estimate of drug-likeness (QED) is 0.828. The van der Waals surface area contributed by atoms with Crippen LogP contribution in [0.1, 0.15) is 17.7 Å². The highest BCUT2D eigenvalue weighted by Gasteiger charge is 2.26. The minimum atomic E-state index is 0.487. The summed E-state index contributed by atoms with van der Waals surface area (Å²) in [6.45, 7) is 2.39. The lowest BCUT2D eigenvalue weighted by Gasteiger charge is -2.35. The molecule has 15 heavy (non-hydrogen) atoms. The third kappa shape index (κ3) is 3.30. The highest BCUT2D eigenvalue weighted by atomic mass is 32.1. The van der Waals surface area contributed by atoms with E-state index in [-0.39, 0.29) is 0 Å². The Balaban J connectivity index is 1.62. The number of nitrogens with zero attached hydrogens (tertiary/aromatic N) is 1. The molecule has 0 aromatic carbocycles. The number of hydrogen-bond acceptors (Lipinski definition) is 3. The molecule has 1 saturated carbocycles. The van der Waals surface area contributed by atoms with Crippen LogP contribution in [0.2, 0.25) is 0 Å². The van der Waals surface area contributed by atoms with E-state index in [1.807, 2.05) is 11.3 Å². The van der Waals surface area contributed by atoms with Crippen LogP contribution in [0.15, 0.2) is 17.5 Å². The lowest BCUT2D eigenvalue weighted by Crippen LogP contribution is -2.42. The molecule has 1 aromatic heterocycles. The molecule has 1 aliphatic rings. The monoisotopic (exact) mass is 224 g/mol. The normalized spacial score (nSPS) is 25.5. The summed E-state index contributed by atoms with van der Waals surface area (Å²) in [6, 6.07) is 4.84. The molecule has 0 atom stereocenters. The molecule has 1 fully saturated rings. The van der Waals surface area contributed by atoms with Gasteiger partial charge >= 0.3 is 0 Å². The summed E-state index contributed by atoms with van der Waals surface area (Å²) in [6.07, 6.45) is 3.64. The zero-order valence-corrected chi connectivity index (χ0v) is 10.2. The van der Waals surface area contributed by atoms with E-state index >= 15 is 0 Å². The standard InChI is InChI=1S/C12H20N2S/c1-14(9-10-7-11(13)8-10)5-4-12-3-2-6-15-12/h2-3,6,10-11H,4-5,7-9,13H2,1H3. The van der Waals surface area contributed by atoms with Crippen molar-refractivity contribution in [1.29, 1.82) is 0 Å². The van der Waals surface area contributed by atoms with Gasteiger partial charge in [-0.15, -0.1) is 11.3 Å². The van der Waals surface area contributed by atoms with Gasteiger partial charge in [-0.3, -0.25) is 0 Å². The Morgan fingerprint density at radius 2 is 2.33 bits per heavy atom. The first kappa shape index (κ1) is 11.1. The zero-order chi connectivity index (χ0) is 10.7. The molecule has 0 unspecified atom stereocenters. The molecule has 0 spiro atoms. The molecule has 2 rings (SSSR count). The molecule has 0 radical (unpaired) electrons. The van der Waals surface area contributed by atoms with E-state index in [0.29, 0.717) is 6.04 Å². The third-order valence-corrected chi connectivity index (χ3v) is 4.10. The van der Waals surface area contributed by atoms with Crippen LogP contribution in [-0.2, 0) is 6.42 Å². The summed E-state index contributed by atoms with van der Waals surface area (Å²) >= 11 is 1.86. The number of nitrogens with two attached hydrogens (primary N) is 1. The summed E-state index contributed by atoms with van der Waals surface area (Å²) in [4.78, 5) is 3.93. The molecule has 0 saturated heterocycles. The predicted molar refractivity (Wildman–Crippen MR) is 66.2 cm³/mol. The van der Waals surface area contributed by atoms with E-state index in [9.17, 15) is 0 Å². The molecule has 1 heterocycles. The van der Waals surface area contributed by atoms with Crippen molar-refractivity contribution in [1.82, 2.24) is 4.90 Å². The molecule has 2 N–H and O–H groups in total. The van der Waals surface area contributed by atoms with Crippen LogP contribution in [0.3, 0.4) is 0 Å². The van der Waals surface area contributed by atoms with Crippen LogP contribution in [0, 0.1) is 5.92 Å². The van der Waals surface area contributed by atoms with Crippen LogP contribution < -0.4 is 5.73 Å². The molecule has 3 heteroatoms. The first-order valence-corrected chi connectivity index (χ1v) is 6.58. The van der Waals surface area contributed by atoms with Gasteiger partial charge in [0.15, 0.2) is 0 Å². The van der Waals surface area contributed by atoms with Crippen LogP contribution in [0.5, 0.6) is 0 Å². The summed E-state index contributed by atoms with van der Waals surface area (Å²) < 4.78 is 0. The molecular formula is C12H20N2S. The lowest BCUT2D eigenvalue weighted by atomic mass is 9.80. The maximum Gasteiger partial charge on any atom is 0.00579 e. The van der Waals surface area contributed by atoms with E-state index in [4.69, 9.17) is 5.73 Å². The average molecular weight is 224 g/mol. The van der Waals surface area contributed by atoms with E-state index in [1.54, 1.807) is 0 Å². The van der Waals surface area contributed by atoms with Gasteiger partial charge in [0.1, 0.15) is 0 Å². The van der Waals surface area contributed by atoms with Crippen molar-refractivity contribution < 1.29 is 0 Å². The van der Waals surface area contributed by atoms with Gasteiger partial charge in [-0.2, -0.15) is 0 Å². The Bertz CT molecular complexity index is 278. The van der Waals surface area contributed by atoms with Crippen molar-refractivity contribution in [2.75, 3.05) is 20.1 Å². The van der Waals surface area contributed by atoms with Crippen molar-refractivity contribution in [2.24, 2.45) is 11.7 Å². The van der Waals surface area contributed by atoms with Gasteiger partial charge in [-0.1, -0.05) is 6.07 Å². The van der Waals surface area contributed by atoms with Crippen molar-refractivity contribution in [2.45, 2.75) is 25.3 Å². The Morgan fingerprint density at radius 1 is 1.53 bits per heavy atom. The maximum absolute atomic E-state index is 5.78. The first-order valence-electron chi connectivity index (χ1n) is 5.70. The van der Waals surface area contributed by atoms with Crippen molar-refractivity contribution in [3.8, 4) is 0 Å². The zero-order valence-electron chi connectivity index (χ0n) is 9.36. The van der Waals surface area contributed by atoms with Crippen molar-refractivity contribution >= 4 is 11.3 Å². The second-order valence-electron chi connectivity index (χ2n) is 4.69. The van der Waals surface area contributed by atoms with Gasteiger partial charge in [-0.25, -0.2) is 0 Å². The number of rotatable bonds is 5. The van der Waals surface area contributed by atoms with Gasteiger partial charge in [0, 0.05) is 24.0 Å². The molecule has 2 nitrogen and oxygen atoms in total. The SMILES string of the molecule is CN(CCc1cccs1)CC1CC(N)C1. The molecule has 0 bridgehead atoms. The largest absolute Gasteiger partial charge is 0.328 e. The van der Waals surface area contributed by atoms with Crippen LogP contribution in [-0.4, -0.2) is 31.1 Å². The molecule has 0 aliphatic heterocycles. The minimum Gasteiger partial charge on any atom is -0.328 e. The van der Waals surface area contributed by atoms with E-state index < -0.39 is 0 Å². The summed E-state index contributed by atoms with van der Waals surface area (Å²) in [5.74, 6) is 0.855. The van der Waals surface area contributed by atoms with E-state index in [2.05, 4.69) is 29.5 Å². The Hall–Kier alpha value is -0.380. The van der Waals surface area contributed by atoms with Crippen LogP contribution >= 0.6 is 11.3 Å². The fourth-order valence-electron chi connectivity index (χ4n) is 2.22. The lowest BCUT2D eigenvalue weighted by molar-refractivity contribution is 0.184. The second-order valence-corrected chi connectivity index (χ2v) is 5.72. The summed E-state index contributed by atoms with van der Waals surface area (Å²) in [7, 11) is 2.22. The first-order chi connectivity index (χ1) is 7.24. The number of likely N-dealkylation sites (N-methyl/N-ethyl adjacent to an activating group) is 1. The predicted octanol–water partition coefficient (Wildman–Crippen LogP) is 1.96. The minimum absolute atomic E-state index is 0.487. The second kappa shape index (κ2) is 5.10. The Morgan fingerprint density at radius 3 is 2.93 bits per heavy atom. The van der Waals surface area contributed by atoms with Gasteiger partial charge < -0.3 is 10.6 Å².